The third-order valence-corrected chi connectivity index (χ3v) is 5.15. The number of rotatable bonds is 4. The second kappa shape index (κ2) is 7.00. The first-order valence-electron chi connectivity index (χ1n) is 8.96. The van der Waals surface area contributed by atoms with E-state index in [0.717, 1.165) is 30.5 Å². The first kappa shape index (κ1) is 17.5. The zero-order valence-corrected chi connectivity index (χ0v) is 14.7. The van der Waals surface area contributed by atoms with Gasteiger partial charge in [0.2, 0.25) is 5.91 Å². The fourth-order valence-electron chi connectivity index (χ4n) is 3.71. The van der Waals surface area contributed by atoms with Gasteiger partial charge in [0.1, 0.15) is 6.04 Å². The number of phenols is 1. The second-order valence-electron chi connectivity index (χ2n) is 6.83. The van der Waals surface area contributed by atoms with Crippen LogP contribution in [0.5, 0.6) is 5.75 Å². The Bertz CT molecular complexity index is 896. The molecule has 0 aromatic heterocycles. The lowest BCUT2D eigenvalue weighted by Gasteiger charge is -2.21. The highest BCUT2D eigenvalue weighted by molar-refractivity contribution is 6.00. The van der Waals surface area contributed by atoms with Gasteiger partial charge in [-0.15, -0.1) is 0 Å². The van der Waals surface area contributed by atoms with Crippen LogP contribution in [0.25, 0.3) is 0 Å². The zero-order chi connectivity index (χ0) is 19.0. The van der Waals surface area contributed by atoms with Crippen molar-refractivity contribution in [1.82, 2.24) is 5.32 Å². The molecule has 0 radical (unpaired) electrons. The summed E-state index contributed by atoms with van der Waals surface area (Å²) in [5, 5.41) is 12.6. The van der Waals surface area contributed by atoms with Crippen LogP contribution in [0.4, 0.5) is 15.8 Å². The molecule has 1 atom stereocenters. The van der Waals surface area contributed by atoms with Crippen molar-refractivity contribution < 1.29 is 19.1 Å². The molecule has 2 heterocycles. The van der Waals surface area contributed by atoms with Gasteiger partial charge in [-0.2, -0.15) is 0 Å². The maximum absolute atomic E-state index is 13.9. The van der Waals surface area contributed by atoms with Crippen molar-refractivity contribution in [3.05, 3.63) is 53.3 Å². The summed E-state index contributed by atoms with van der Waals surface area (Å²) in [6, 6.07) is 9.47. The van der Waals surface area contributed by atoms with Crippen LogP contribution in [0.3, 0.4) is 0 Å². The molecule has 2 aromatic carbocycles. The Balaban J connectivity index is 1.60. The largest absolute Gasteiger partial charge is 0.504 e. The average Bonchev–Trinajstić information content (AvgIpc) is 3.34. The molecule has 0 spiro atoms. The molecule has 2 N–H and O–H groups in total. The van der Waals surface area contributed by atoms with E-state index in [9.17, 15) is 19.1 Å². The summed E-state index contributed by atoms with van der Waals surface area (Å²) >= 11 is 0. The smallest absolute Gasteiger partial charge is 0.249 e. The van der Waals surface area contributed by atoms with Crippen molar-refractivity contribution in [2.45, 2.75) is 18.9 Å². The molecule has 0 bridgehead atoms. The van der Waals surface area contributed by atoms with Gasteiger partial charge in [-0.1, -0.05) is 6.07 Å². The topological polar surface area (TPSA) is 72.9 Å². The minimum Gasteiger partial charge on any atom is -0.504 e. The molecule has 1 unspecified atom stereocenters. The molecule has 0 aliphatic carbocycles. The molecule has 1 amide bonds. The van der Waals surface area contributed by atoms with E-state index in [4.69, 9.17) is 0 Å². The minimum absolute atomic E-state index is 0.172. The average molecular weight is 369 g/mol. The van der Waals surface area contributed by atoms with E-state index in [-0.39, 0.29) is 18.1 Å². The predicted octanol–water partition coefficient (Wildman–Crippen LogP) is 2.58. The fourth-order valence-corrected chi connectivity index (χ4v) is 3.71. The summed E-state index contributed by atoms with van der Waals surface area (Å²) in [7, 11) is 0. The maximum atomic E-state index is 13.9. The Morgan fingerprint density at radius 2 is 1.89 bits per heavy atom. The summed E-state index contributed by atoms with van der Waals surface area (Å²) in [6.45, 7) is 2.31. The Labute approximate surface area is 156 Å². The van der Waals surface area contributed by atoms with Crippen molar-refractivity contribution >= 4 is 23.6 Å². The Hall–Kier alpha value is -2.93. The molecule has 6 nitrogen and oxygen atoms in total. The van der Waals surface area contributed by atoms with E-state index in [2.05, 4.69) is 10.2 Å². The van der Waals surface area contributed by atoms with Crippen LogP contribution in [-0.2, 0) is 4.79 Å². The standard InChI is InChI=1S/C20H20FN3O3/c21-17-9-13(8-14(11-25)19(17)26)18-20(27)24(12-22-18)16-5-3-4-15(10-16)23-6-1-2-7-23/h3-5,8-11,18,22,26H,1-2,6-7,12H2. The van der Waals surface area contributed by atoms with E-state index in [0.29, 0.717) is 11.8 Å². The van der Waals surface area contributed by atoms with Crippen molar-refractivity contribution in [3.8, 4) is 5.75 Å². The van der Waals surface area contributed by atoms with Gasteiger partial charge in [0.25, 0.3) is 0 Å². The Kier molecular flexibility index (Phi) is 4.53. The lowest BCUT2D eigenvalue weighted by atomic mass is 10.0. The van der Waals surface area contributed by atoms with Gasteiger partial charge < -0.3 is 10.0 Å². The number of amides is 1. The highest BCUT2D eigenvalue weighted by Crippen LogP contribution is 2.32. The van der Waals surface area contributed by atoms with Gasteiger partial charge in [0, 0.05) is 24.5 Å². The van der Waals surface area contributed by atoms with Crippen LogP contribution in [-0.4, -0.2) is 37.1 Å². The third kappa shape index (κ3) is 3.14. The van der Waals surface area contributed by atoms with Crippen molar-refractivity contribution in [3.63, 3.8) is 0 Å². The second-order valence-corrected chi connectivity index (χ2v) is 6.83. The molecule has 2 aliphatic rings. The highest BCUT2D eigenvalue weighted by Gasteiger charge is 2.34. The number of nitrogens with zero attached hydrogens (tertiary/aromatic N) is 2. The van der Waals surface area contributed by atoms with Crippen LogP contribution < -0.4 is 15.1 Å². The number of benzene rings is 2. The van der Waals surface area contributed by atoms with E-state index < -0.39 is 17.6 Å². The fraction of sp³-hybridized carbons (Fsp3) is 0.300. The van der Waals surface area contributed by atoms with Crippen LogP contribution in [0.1, 0.15) is 34.8 Å². The van der Waals surface area contributed by atoms with Gasteiger partial charge in [-0.05, 0) is 48.7 Å². The number of hydrogen-bond donors (Lipinski definition) is 2. The molecule has 7 heteroatoms. The van der Waals surface area contributed by atoms with E-state index in [1.807, 2.05) is 24.3 Å². The first-order chi connectivity index (χ1) is 13.1. The van der Waals surface area contributed by atoms with E-state index >= 15 is 0 Å². The molecule has 2 fully saturated rings. The van der Waals surface area contributed by atoms with Crippen LogP contribution >= 0.6 is 0 Å². The minimum atomic E-state index is -0.918. The van der Waals surface area contributed by atoms with Gasteiger partial charge in [-0.25, -0.2) is 4.39 Å². The van der Waals surface area contributed by atoms with Gasteiger partial charge in [0.05, 0.1) is 12.2 Å². The molecule has 27 heavy (non-hydrogen) atoms. The molecule has 4 rings (SSSR count). The number of aromatic hydroxyl groups is 1. The summed E-state index contributed by atoms with van der Waals surface area (Å²) in [4.78, 5) is 27.8. The summed E-state index contributed by atoms with van der Waals surface area (Å²) in [6.07, 6.45) is 2.71. The number of carbonyl (C=O) groups is 2. The summed E-state index contributed by atoms with van der Waals surface area (Å²) in [5.74, 6) is -1.84. The van der Waals surface area contributed by atoms with E-state index in [1.165, 1.54) is 18.9 Å². The van der Waals surface area contributed by atoms with Crippen LogP contribution in [0.2, 0.25) is 0 Å². The van der Waals surface area contributed by atoms with E-state index in [1.54, 1.807) is 4.90 Å². The highest BCUT2D eigenvalue weighted by atomic mass is 19.1. The lowest BCUT2D eigenvalue weighted by Crippen LogP contribution is -2.27. The number of halogens is 1. The number of nitrogens with one attached hydrogen (secondary N) is 1. The number of aldehydes is 1. The number of anilines is 2. The monoisotopic (exact) mass is 369 g/mol. The maximum Gasteiger partial charge on any atom is 0.249 e. The Morgan fingerprint density at radius 1 is 1.15 bits per heavy atom. The normalized spacial score (nSPS) is 19.7. The first-order valence-corrected chi connectivity index (χ1v) is 8.96. The molecular formula is C20H20FN3O3. The molecule has 140 valence electrons. The van der Waals surface area contributed by atoms with Crippen molar-refractivity contribution in [1.29, 1.82) is 0 Å². The molecule has 2 aromatic rings. The Morgan fingerprint density at radius 3 is 2.63 bits per heavy atom. The molecule has 0 saturated carbocycles. The summed E-state index contributed by atoms with van der Waals surface area (Å²) in [5.41, 5.74) is 2.00. The van der Waals surface area contributed by atoms with Crippen LogP contribution in [0.15, 0.2) is 36.4 Å². The molecular weight excluding hydrogens is 349 g/mol. The summed E-state index contributed by atoms with van der Waals surface area (Å²) < 4.78 is 13.9. The van der Waals surface area contributed by atoms with Crippen molar-refractivity contribution in [2.24, 2.45) is 0 Å². The van der Waals surface area contributed by atoms with Gasteiger partial charge in [-0.3, -0.25) is 19.8 Å². The van der Waals surface area contributed by atoms with Gasteiger partial charge >= 0.3 is 0 Å². The van der Waals surface area contributed by atoms with Gasteiger partial charge in [0.15, 0.2) is 17.9 Å². The number of carbonyl (C=O) groups excluding carboxylic acids is 2. The third-order valence-electron chi connectivity index (χ3n) is 5.15. The number of phenolic OH excluding ortho intramolecular Hbond substituents is 1. The van der Waals surface area contributed by atoms with Crippen molar-refractivity contribution in [2.75, 3.05) is 29.6 Å². The van der Waals surface area contributed by atoms with Crippen LogP contribution in [0, 0.1) is 5.82 Å². The quantitative estimate of drug-likeness (QED) is 0.811. The molecule has 2 saturated heterocycles. The number of hydrogen-bond acceptors (Lipinski definition) is 5. The predicted molar refractivity (Wildman–Crippen MR) is 99.6 cm³/mol. The molecule has 2 aliphatic heterocycles. The SMILES string of the molecule is O=Cc1cc(C2NCN(c3cccc(N4CCCC4)c3)C2=O)cc(F)c1O. The lowest BCUT2D eigenvalue weighted by molar-refractivity contribution is -0.118. The zero-order valence-electron chi connectivity index (χ0n) is 14.7.